The molecule has 11 nitrogen and oxygen atoms in total. The van der Waals surface area contributed by atoms with Crippen LogP contribution in [0.1, 0.15) is 31.9 Å². The molecule has 4 N–H and O–H groups in total. The number of aromatic nitrogens is 2. The number of hydrogen-bond donors (Lipinski definition) is 4. The number of methoxy groups -OCH3 is 1. The number of ether oxygens (including phenoxy) is 2. The molecular weight excluding hydrogens is 627 g/mol. The van der Waals surface area contributed by atoms with Gasteiger partial charge in [0.2, 0.25) is 17.7 Å². The van der Waals surface area contributed by atoms with Crippen molar-refractivity contribution >= 4 is 63.9 Å². The molecule has 0 aliphatic carbocycles. The van der Waals surface area contributed by atoms with Crippen molar-refractivity contribution < 1.29 is 23.6 Å². The van der Waals surface area contributed by atoms with Gasteiger partial charge in [0.1, 0.15) is 12.9 Å². The summed E-state index contributed by atoms with van der Waals surface area (Å²) in [5, 5.41) is 14.0. The molecule has 2 heterocycles. The first kappa shape index (κ1) is 32.5. The summed E-state index contributed by atoms with van der Waals surface area (Å²) in [6.07, 6.45) is 1.96. The van der Waals surface area contributed by atoms with Crippen LogP contribution >= 0.6 is 7.14 Å². The maximum absolute atomic E-state index is 13.4. The molecule has 6 rings (SSSR count). The molecule has 0 radical (unpaired) electrons. The Bertz CT molecular complexity index is 2120. The Morgan fingerprint density at radius 1 is 0.938 bits per heavy atom. The Balaban J connectivity index is 1.23. The Labute approximate surface area is 278 Å². The van der Waals surface area contributed by atoms with E-state index < -0.39 is 13.2 Å². The van der Waals surface area contributed by atoms with E-state index in [9.17, 15) is 14.2 Å². The first-order chi connectivity index (χ1) is 22.8. The third-order valence-corrected chi connectivity index (χ3v) is 9.43. The van der Waals surface area contributed by atoms with E-state index in [2.05, 4.69) is 52.0 Å². The lowest BCUT2D eigenvalue weighted by molar-refractivity contribution is -0.115. The van der Waals surface area contributed by atoms with Crippen LogP contribution in [0.5, 0.6) is 17.4 Å². The summed E-state index contributed by atoms with van der Waals surface area (Å²) in [5.74, 6) is 1.52. The van der Waals surface area contributed by atoms with Crippen LogP contribution in [0.3, 0.4) is 0 Å². The third kappa shape index (κ3) is 6.96. The van der Waals surface area contributed by atoms with Crippen molar-refractivity contribution in [1.82, 2.24) is 9.97 Å². The second-order valence-electron chi connectivity index (χ2n) is 13.0. The van der Waals surface area contributed by atoms with E-state index in [0.29, 0.717) is 46.4 Å². The predicted molar refractivity (Wildman–Crippen MR) is 192 cm³/mol. The van der Waals surface area contributed by atoms with Crippen molar-refractivity contribution in [1.29, 1.82) is 0 Å². The largest absolute Gasteiger partial charge is 0.494 e. The van der Waals surface area contributed by atoms with Gasteiger partial charge in [0.15, 0.2) is 5.75 Å². The van der Waals surface area contributed by atoms with Crippen LogP contribution in [0.2, 0.25) is 0 Å². The molecule has 246 valence electrons. The van der Waals surface area contributed by atoms with E-state index in [1.807, 2.05) is 54.6 Å². The molecule has 1 aromatic heterocycles. The number of fused-ring (bicyclic) bond motifs is 2. The molecular formula is C36H37N6O5P. The lowest BCUT2D eigenvalue weighted by Crippen LogP contribution is -2.23. The molecule has 0 fully saturated rings. The fourth-order valence-electron chi connectivity index (χ4n) is 5.49. The lowest BCUT2D eigenvalue weighted by Gasteiger charge is -2.25. The smallest absolute Gasteiger partial charge is 0.323 e. The van der Waals surface area contributed by atoms with Crippen molar-refractivity contribution in [3.05, 3.63) is 90.1 Å². The van der Waals surface area contributed by atoms with Gasteiger partial charge in [-0.05, 0) is 66.3 Å². The Kier molecular flexibility index (Phi) is 8.57. The lowest BCUT2D eigenvalue weighted by atomic mass is 9.86. The minimum absolute atomic E-state index is 0.0337. The van der Waals surface area contributed by atoms with Gasteiger partial charge in [-0.15, -0.1) is 0 Å². The SMILES string of the molecule is COc1c(NC(=O)Nc2ccc(Oc3ccnc(Nc4ccc5c(c4)NC(=O)C5)n3)c3ccccc23)cc(C(C)(C)C)cc1P(C)(C)=O. The minimum Gasteiger partial charge on any atom is -0.494 e. The summed E-state index contributed by atoms with van der Waals surface area (Å²) in [7, 11) is -1.23. The van der Waals surface area contributed by atoms with Crippen LogP contribution in [0.15, 0.2) is 79.0 Å². The second kappa shape index (κ2) is 12.7. The monoisotopic (exact) mass is 664 g/mol. The molecule has 5 aromatic rings. The van der Waals surface area contributed by atoms with Gasteiger partial charge in [-0.1, -0.05) is 51.1 Å². The summed E-state index contributed by atoms with van der Waals surface area (Å²) >= 11 is 0. The van der Waals surface area contributed by atoms with Gasteiger partial charge in [0, 0.05) is 34.4 Å². The van der Waals surface area contributed by atoms with Gasteiger partial charge >= 0.3 is 6.03 Å². The zero-order valence-electron chi connectivity index (χ0n) is 27.6. The van der Waals surface area contributed by atoms with Gasteiger partial charge in [-0.2, -0.15) is 4.98 Å². The van der Waals surface area contributed by atoms with E-state index in [4.69, 9.17) is 9.47 Å². The molecule has 3 amide bonds. The predicted octanol–water partition coefficient (Wildman–Crippen LogP) is 7.86. The normalized spacial score (nSPS) is 12.7. The number of anilines is 5. The topological polar surface area (TPSA) is 144 Å². The highest BCUT2D eigenvalue weighted by Crippen LogP contribution is 2.43. The molecule has 0 spiro atoms. The third-order valence-electron chi connectivity index (χ3n) is 7.94. The molecule has 4 aromatic carbocycles. The summed E-state index contributed by atoms with van der Waals surface area (Å²) in [6.45, 7) is 9.55. The number of amides is 3. The van der Waals surface area contributed by atoms with Gasteiger partial charge in [-0.25, -0.2) is 9.78 Å². The minimum atomic E-state index is -2.74. The molecule has 0 saturated heterocycles. The number of nitrogens with zero attached hydrogens (tertiary/aromatic N) is 2. The van der Waals surface area contributed by atoms with Crippen LogP contribution in [-0.4, -0.2) is 42.3 Å². The molecule has 1 aliphatic heterocycles. The highest BCUT2D eigenvalue weighted by Gasteiger charge is 2.26. The summed E-state index contributed by atoms with van der Waals surface area (Å²) in [6, 6.07) is 21.6. The number of carbonyl (C=O) groups is 2. The summed E-state index contributed by atoms with van der Waals surface area (Å²) in [5.41, 5.74) is 4.10. The zero-order chi connectivity index (χ0) is 34.2. The van der Waals surface area contributed by atoms with Gasteiger partial charge in [0.25, 0.3) is 0 Å². The van der Waals surface area contributed by atoms with Crippen molar-refractivity contribution in [3.63, 3.8) is 0 Å². The molecule has 0 atom stereocenters. The molecule has 0 unspecified atom stereocenters. The first-order valence-electron chi connectivity index (χ1n) is 15.4. The van der Waals surface area contributed by atoms with Crippen LogP contribution in [0.25, 0.3) is 10.8 Å². The number of hydrogen-bond acceptors (Lipinski definition) is 8. The van der Waals surface area contributed by atoms with Gasteiger partial charge in [0.05, 0.1) is 30.2 Å². The standard InChI is InChI=1S/C36H37N6O5P/c1-36(2,3)22-18-28(33(46-4)30(19-22)48(5,6)45)41-35(44)40-26-13-14-29(25-10-8-7-9-24(25)26)47-32-15-16-37-34(42-32)38-23-12-11-21-17-31(43)39-27(21)20-23/h7-16,18-20H,17H2,1-6H3,(H,39,43)(H,37,38,42)(H2,40,41,44). The maximum Gasteiger partial charge on any atom is 0.323 e. The molecule has 12 heteroatoms. The summed E-state index contributed by atoms with van der Waals surface area (Å²) in [4.78, 5) is 34.0. The zero-order valence-corrected chi connectivity index (χ0v) is 28.5. The average Bonchev–Trinajstić information content (AvgIpc) is 3.40. The molecule has 0 saturated carbocycles. The maximum atomic E-state index is 13.4. The molecule has 0 bridgehead atoms. The summed E-state index contributed by atoms with van der Waals surface area (Å²) < 4.78 is 25.1. The number of carbonyl (C=O) groups excluding carboxylic acids is 2. The molecule has 1 aliphatic rings. The van der Waals surface area contributed by atoms with Gasteiger partial charge < -0.3 is 35.3 Å². The van der Waals surface area contributed by atoms with E-state index in [1.54, 1.807) is 37.7 Å². The highest BCUT2D eigenvalue weighted by molar-refractivity contribution is 7.70. The van der Waals surface area contributed by atoms with E-state index in [0.717, 1.165) is 33.3 Å². The fourth-order valence-corrected chi connectivity index (χ4v) is 6.64. The van der Waals surface area contributed by atoms with Gasteiger partial charge in [-0.3, -0.25) is 4.79 Å². The van der Waals surface area contributed by atoms with Crippen molar-refractivity contribution in [3.8, 4) is 17.4 Å². The van der Waals surface area contributed by atoms with Crippen LogP contribution < -0.4 is 36.0 Å². The Morgan fingerprint density at radius 2 is 1.69 bits per heavy atom. The van der Waals surface area contributed by atoms with E-state index in [-0.39, 0.29) is 11.3 Å². The fraction of sp³-hybridized carbons (Fsp3) is 0.222. The van der Waals surface area contributed by atoms with Crippen LogP contribution in [0, 0.1) is 0 Å². The first-order valence-corrected chi connectivity index (χ1v) is 18.0. The number of nitrogens with one attached hydrogen (secondary N) is 4. The molecule has 48 heavy (non-hydrogen) atoms. The Hall–Kier alpha value is -5.41. The van der Waals surface area contributed by atoms with Crippen LogP contribution in [0.4, 0.5) is 33.5 Å². The quantitative estimate of drug-likeness (QED) is 0.123. The Morgan fingerprint density at radius 3 is 2.42 bits per heavy atom. The van der Waals surface area contributed by atoms with Crippen molar-refractivity contribution in [2.24, 2.45) is 0 Å². The van der Waals surface area contributed by atoms with E-state index >= 15 is 0 Å². The highest BCUT2D eigenvalue weighted by atomic mass is 31.2. The number of urea groups is 1. The second-order valence-corrected chi connectivity index (χ2v) is 16.1. The average molecular weight is 665 g/mol. The van der Waals surface area contributed by atoms with Crippen molar-refractivity contribution in [2.45, 2.75) is 32.6 Å². The van der Waals surface area contributed by atoms with Crippen molar-refractivity contribution in [2.75, 3.05) is 41.7 Å². The van der Waals surface area contributed by atoms with Crippen LogP contribution in [-0.2, 0) is 21.2 Å². The number of rotatable bonds is 8. The van der Waals surface area contributed by atoms with E-state index in [1.165, 1.54) is 7.11 Å². The number of benzene rings is 4.